The third kappa shape index (κ3) is 4.79. The van der Waals surface area contributed by atoms with Crippen LogP contribution < -0.4 is 26.9 Å². The summed E-state index contributed by atoms with van der Waals surface area (Å²) in [6.45, 7) is 0.691. The minimum absolute atomic E-state index is 0.0782. The molecule has 1 fully saturated rings. The van der Waals surface area contributed by atoms with Gasteiger partial charge in [0.15, 0.2) is 0 Å². The van der Waals surface area contributed by atoms with Crippen LogP contribution in [0.4, 0.5) is 0 Å². The topological polar surface area (TPSA) is 88.4 Å². The monoisotopic (exact) mass is 340 g/mol. The summed E-state index contributed by atoms with van der Waals surface area (Å²) >= 11 is 0. The van der Waals surface area contributed by atoms with Gasteiger partial charge in [-0.25, -0.2) is 16.7 Å². The molecular formula is C19H24N4O2. The largest absolute Gasteiger partial charge is 0.494 e. The van der Waals surface area contributed by atoms with E-state index in [2.05, 4.69) is 40.5 Å². The van der Waals surface area contributed by atoms with Crippen molar-refractivity contribution in [1.29, 1.82) is 0 Å². The van der Waals surface area contributed by atoms with E-state index in [4.69, 9.17) is 10.6 Å². The van der Waals surface area contributed by atoms with Gasteiger partial charge in [-0.05, 0) is 42.5 Å². The van der Waals surface area contributed by atoms with Crippen LogP contribution in [0.5, 0.6) is 5.75 Å². The summed E-state index contributed by atoms with van der Waals surface area (Å²) in [5.74, 6) is 5.81. The maximum atomic E-state index is 11.5. The van der Waals surface area contributed by atoms with Crippen molar-refractivity contribution in [2.75, 3.05) is 6.61 Å². The number of carbonyl (C=O) groups excluding carboxylic acids is 1. The Kier molecular flexibility index (Phi) is 6.00. The number of hydrogen-bond acceptors (Lipinski definition) is 5. The average molecular weight is 340 g/mol. The predicted octanol–water partition coefficient (Wildman–Crippen LogP) is 1.60. The van der Waals surface area contributed by atoms with Gasteiger partial charge in [-0.15, -0.1) is 0 Å². The van der Waals surface area contributed by atoms with Crippen molar-refractivity contribution < 1.29 is 9.53 Å². The summed E-state index contributed by atoms with van der Waals surface area (Å²) in [5.41, 5.74) is 10.7. The molecule has 1 amide bonds. The zero-order chi connectivity index (χ0) is 17.5. The zero-order valence-corrected chi connectivity index (χ0v) is 14.1. The van der Waals surface area contributed by atoms with E-state index in [0.29, 0.717) is 13.0 Å². The Morgan fingerprint density at radius 2 is 1.88 bits per heavy atom. The summed E-state index contributed by atoms with van der Waals surface area (Å²) in [4.78, 5) is 11.5. The van der Waals surface area contributed by atoms with Gasteiger partial charge in [-0.2, -0.15) is 0 Å². The number of nitrogens with two attached hydrogens (primary N) is 1. The van der Waals surface area contributed by atoms with Gasteiger partial charge in [-0.1, -0.05) is 42.5 Å². The fourth-order valence-corrected chi connectivity index (χ4v) is 2.95. The molecule has 0 radical (unpaired) electrons. The molecule has 0 aliphatic carbocycles. The molecule has 5 N–H and O–H groups in total. The molecule has 2 aromatic rings. The summed E-state index contributed by atoms with van der Waals surface area (Å²) in [6.07, 6.45) is 2.65. The van der Waals surface area contributed by atoms with Crippen LogP contribution in [-0.4, -0.2) is 18.6 Å². The van der Waals surface area contributed by atoms with E-state index >= 15 is 0 Å². The molecular weight excluding hydrogens is 316 g/mol. The fourth-order valence-electron chi connectivity index (χ4n) is 2.95. The molecule has 1 aliphatic heterocycles. The molecule has 1 saturated heterocycles. The van der Waals surface area contributed by atoms with E-state index in [0.717, 1.165) is 24.2 Å². The lowest BCUT2D eigenvalue weighted by atomic mass is 10.0. The van der Waals surface area contributed by atoms with Crippen LogP contribution in [0.1, 0.15) is 30.0 Å². The Balaban J connectivity index is 1.44. The number of carbonyl (C=O) groups is 1. The molecule has 132 valence electrons. The van der Waals surface area contributed by atoms with Crippen molar-refractivity contribution in [3.8, 4) is 5.75 Å². The molecule has 2 aromatic carbocycles. The van der Waals surface area contributed by atoms with Crippen molar-refractivity contribution in [2.24, 2.45) is 5.84 Å². The molecule has 0 bridgehead atoms. The van der Waals surface area contributed by atoms with E-state index in [-0.39, 0.29) is 18.0 Å². The summed E-state index contributed by atoms with van der Waals surface area (Å²) < 4.78 is 5.81. The number of ether oxygens (including phenoxy) is 1. The van der Waals surface area contributed by atoms with Gasteiger partial charge in [0.1, 0.15) is 11.8 Å². The van der Waals surface area contributed by atoms with Crippen molar-refractivity contribution >= 4 is 5.91 Å². The molecule has 3 rings (SSSR count). The Bertz CT molecular complexity index is 676. The molecule has 1 aliphatic rings. The normalized spacial score (nSPS) is 19.6. The first kappa shape index (κ1) is 17.4. The maximum Gasteiger partial charge on any atom is 0.252 e. The van der Waals surface area contributed by atoms with Gasteiger partial charge < -0.3 is 4.74 Å². The Hall–Kier alpha value is -2.41. The van der Waals surface area contributed by atoms with Crippen LogP contribution in [0.15, 0.2) is 54.6 Å². The lowest BCUT2D eigenvalue weighted by Crippen LogP contribution is -2.45. The van der Waals surface area contributed by atoms with Crippen LogP contribution in [0, 0.1) is 0 Å². The Morgan fingerprint density at radius 1 is 1.12 bits per heavy atom. The highest BCUT2D eigenvalue weighted by Gasteiger charge is 2.29. The van der Waals surface area contributed by atoms with Gasteiger partial charge in [0.2, 0.25) is 0 Å². The number of benzene rings is 2. The molecule has 0 spiro atoms. The van der Waals surface area contributed by atoms with Gasteiger partial charge >= 0.3 is 0 Å². The smallest absolute Gasteiger partial charge is 0.252 e. The van der Waals surface area contributed by atoms with Gasteiger partial charge in [0.25, 0.3) is 5.91 Å². The van der Waals surface area contributed by atoms with E-state index in [9.17, 15) is 4.79 Å². The molecule has 6 nitrogen and oxygen atoms in total. The SMILES string of the molecule is NNC(=O)C1CC(c2ccc(OCCCc3ccccc3)cc2)NN1. The second-order valence-electron chi connectivity index (χ2n) is 6.14. The van der Waals surface area contributed by atoms with Gasteiger partial charge in [0.05, 0.1) is 6.61 Å². The van der Waals surface area contributed by atoms with Gasteiger partial charge in [-0.3, -0.25) is 10.2 Å². The number of rotatable bonds is 7. The van der Waals surface area contributed by atoms with Crippen LogP contribution in [0.3, 0.4) is 0 Å². The summed E-state index contributed by atoms with van der Waals surface area (Å²) in [6, 6.07) is 18.2. The van der Waals surface area contributed by atoms with Crippen molar-refractivity contribution in [2.45, 2.75) is 31.3 Å². The molecule has 6 heteroatoms. The molecule has 0 saturated carbocycles. The van der Waals surface area contributed by atoms with Gasteiger partial charge in [0, 0.05) is 6.04 Å². The van der Waals surface area contributed by atoms with Crippen molar-refractivity contribution in [3.63, 3.8) is 0 Å². The number of aryl methyl sites for hydroxylation is 1. The quantitative estimate of drug-likeness (QED) is 0.266. The van der Waals surface area contributed by atoms with E-state index < -0.39 is 0 Å². The fraction of sp³-hybridized carbons (Fsp3) is 0.316. The van der Waals surface area contributed by atoms with Crippen LogP contribution >= 0.6 is 0 Å². The highest BCUT2D eigenvalue weighted by Crippen LogP contribution is 2.24. The van der Waals surface area contributed by atoms with Crippen molar-refractivity contribution in [3.05, 3.63) is 65.7 Å². The first-order valence-electron chi connectivity index (χ1n) is 8.54. The molecule has 0 aromatic heterocycles. The second kappa shape index (κ2) is 8.62. The standard InChI is InChI=1S/C19H24N4O2/c20-21-19(24)18-13-17(22-23-18)15-8-10-16(11-9-15)25-12-4-7-14-5-2-1-3-6-14/h1-3,5-6,8-11,17-18,22-23H,4,7,12-13,20H2,(H,21,24). The molecule has 2 unspecified atom stereocenters. The van der Waals surface area contributed by atoms with E-state index in [1.807, 2.05) is 30.3 Å². The third-order valence-corrected chi connectivity index (χ3v) is 4.37. The first-order valence-corrected chi connectivity index (χ1v) is 8.54. The summed E-state index contributed by atoms with van der Waals surface area (Å²) in [5, 5.41) is 0. The highest BCUT2D eigenvalue weighted by molar-refractivity contribution is 5.81. The number of hydrazine groups is 2. The highest BCUT2D eigenvalue weighted by atomic mass is 16.5. The number of nitrogens with one attached hydrogen (secondary N) is 3. The van der Waals surface area contributed by atoms with Crippen molar-refractivity contribution in [1.82, 2.24) is 16.3 Å². The number of amides is 1. The molecule has 25 heavy (non-hydrogen) atoms. The predicted molar refractivity (Wildman–Crippen MR) is 96.4 cm³/mol. The Labute approximate surface area is 147 Å². The van der Waals surface area contributed by atoms with Crippen LogP contribution in [0.25, 0.3) is 0 Å². The first-order chi connectivity index (χ1) is 12.3. The maximum absolute atomic E-state index is 11.5. The Morgan fingerprint density at radius 3 is 2.60 bits per heavy atom. The zero-order valence-electron chi connectivity index (χ0n) is 14.1. The molecule has 2 atom stereocenters. The third-order valence-electron chi connectivity index (χ3n) is 4.37. The average Bonchev–Trinajstić information content (AvgIpc) is 3.16. The van der Waals surface area contributed by atoms with Crippen LogP contribution in [-0.2, 0) is 11.2 Å². The second-order valence-corrected chi connectivity index (χ2v) is 6.14. The molecule has 1 heterocycles. The number of hydrogen-bond donors (Lipinski definition) is 4. The lowest BCUT2D eigenvalue weighted by Gasteiger charge is -2.11. The summed E-state index contributed by atoms with van der Waals surface area (Å²) in [7, 11) is 0. The van der Waals surface area contributed by atoms with E-state index in [1.54, 1.807) is 0 Å². The minimum atomic E-state index is -0.316. The lowest BCUT2D eigenvalue weighted by molar-refractivity contribution is -0.122. The van der Waals surface area contributed by atoms with Crippen LogP contribution in [0.2, 0.25) is 0 Å². The minimum Gasteiger partial charge on any atom is -0.494 e. The van der Waals surface area contributed by atoms with E-state index in [1.165, 1.54) is 5.56 Å².